The lowest BCUT2D eigenvalue weighted by Crippen LogP contribution is -2.44. The number of aryl methyl sites for hydroxylation is 1. The Bertz CT molecular complexity index is 671. The summed E-state index contributed by atoms with van der Waals surface area (Å²) in [6.07, 6.45) is 1.64. The Morgan fingerprint density at radius 3 is 2.60 bits per heavy atom. The van der Waals surface area contributed by atoms with Gasteiger partial charge in [-0.3, -0.25) is 9.59 Å². The minimum Gasteiger partial charge on any atom is -0.481 e. The first kappa shape index (κ1) is 14.1. The van der Waals surface area contributed by atoms with Gasteiger partial charge in [-0.05, 0) is 19.9 Å². The molecule has 0 radical (unpaired) electrons. The molecule has 0 fully saturated rings. The van der Waals surface area contributed by atoms with E-state index in [1.54, 1.807) is 20.0 Å². The summed E-state index contributed by atoms with van der Waals surface area (Å²) >= 11 is 0. The number of nitrogens with zero attached hydrogens (tertiary/aromatic N) is 1. The largest absolute Gasteiger partial charge is 0.481 e. The quantitative estimate of drug-likeness (QED) is 0.897. The van der Waals surface area contributed by atoms with E-state index in [4.69, 9.17) is 5.11 Å². The summed E-state index contributed by atoms with van der Waals surface area (Å²) in [5, 5.41) is 12.5. The van der Waals surface area contributed by atoms with Crippen LogP contribution in [0.25, 0.3) is 10.9 Å². The highest BCUT2D eigenvalue weighted by molar-refractivity contribution is 6.07. The maximum absolute atomic E-state index is 12.4. The second kappa shape index (κ2) is 5.00. The molecule has 0 bridgehead atoms. The average molecular weight is 274 g/mol. The number of benzene rings is 1. The third kappa shape index (κ3) is 2.82. The topological polar surface area (TPSA) is 71.3 Å². The second-order valence-corrected chi connectivity index (χ2v) is 5.58. The van der Waals surface area contributed by atoms with Gasteiger partial charge in [0.05, 0.1) is 12.0 Å². The minimum atomic E-state index is -0.937. The van der Waals surface area contributed by atoms with Crippen LogP contribution in [0, 0.1) is 0 Å². The number of rotatable bonds is 4. The fraction of sp³-hybridized carbons (Fsp3) is 0.333. The van der Waals surface area contributed by atoms with Crippen molar-refractivity contribution in [2.24, 2.45) is 7.05 Å². The predicted molar refractivity (Wildman–Crippen MR) is 76.7 cm³/mol. The van der Waals surface area contributed by atoms with E-state index < -0.39 is 11.5 Å². The van der Waals surface area contributed by atoms with Crippen LogP contribution in [0.4, 0.5) is 0 Å². The standard InChI is InChI=1S/C15H18N2O3/c1-15(2,8-13(18)19)16-14(20)11-9-17(3)12-7-5-4-6-10(11)12/h4-7,9H,8H2,1-3H3,(H,16,20)(H,18,19). The first-order valence-electron chi connectivity index (χ1n) is 6.38. The maximum Gasteiger partial charge on any atom is 0.305 e. The highest BCUT2D eigenvalue weighted by Gasteiger charge is 2.25. The number of hydrogen-bond acceptors (Lipinski definition) is 2. The molecule has 2 N–H and O–H groups in total. The number of aliphatic carboxylic acids is 1. The molecule has 1 aromatic heterocycles. The van der Waals surface area contributed by atoms with Crippen LogP contribution in [-0.4, -0.2) is 27.1 Å². The molecule has 0 unspecified atom stereocenters. The zero-order valence-electron chi connectivity index (χ0n) is 11.8. The summed E-state index contributed by atoms with van der Waals surface area (Å²) in [6, 6.07) is 7.61. The number of hydrogen-bond donors (Lipinski definition) is 2. The smallest absolute Gasteiger partial charge is 0.305 e. The van der Waals surface area contributed by atoms with Gasteiger partial charge >= 0.3 is 5.97 Å². The average Bonchev–Trinajstić information content (AvgIpc) is 2.65. The Morgan fingerprint density at radius 1 is 1.30 bits per heavy atom. The van der Waals surface area contributed by atoms with Crippen LogP contribution >= 0.6 is 0 Å². The molecule has 1 amide bonds. The molecule has 0 aliphatic carbocycles. The Labute approximate surface area is 117 Å². The molecule has 20 heavy (non-hydrogen) atoms. The number of nitrogens with one attached hydrogen (secondary N) is 1. The van der Waals surface area contributed by atoms with Crippen LogP contribution in [0.1, 0.15) is 30.6 Å². The molecular formula is C15H18N2O3. The molecule has 106 valence electrons. The van der Waals surface area contributed by atoms with Gasteiger partial charge in [0.2, 0.25) is 0 Å². The zero-order valence-corrected chi connectivity index (χ0v) is 11.8. The number of carboxylic acid groups (broad SMARTS) is 1. The summed E-state index contributed by atoms with van der Waals surface area (Å²) in [5.41, 5.74) is 0.732. The van der Waals surface area contributed by atoms with Gasteiger partial charge in [0.1, 0.15) is 0 Å². The first-order chi connectivity index (χ1) is 9.30. The number of fused-ring (bicyclic) bond motifs is 1. The van der Waals surface area contributed by atoms with Gasteiger partial charge in [0.15, 0.2) is 0 Å². The van der Waals surface area contributed by atoms with E-state index in [2.05, 4.69) is 5.32 Å². The third-order valence-electron chi connectivity index (χ3n) is 3.19. The van der Waals surface area contributed by atoms with E-state index in [0.717, 1.165) is 10.9 Å². The molecule has 0 aliphatic heterocycles. The van der Waals surface area contributed by atoms with Gasteiger partial charge in [-0.25, -0.2) is 0 Å². The molecular weight excluding hydrogens is 256 g/mol. The lowest BCUT2D eigenvalue weighted by Gasteiger charge is -2.24. The summed E-state index contributed by atoms with van der Waals surface area (Å²) in [7, 11) is 1.88. The van der Waals surface area contributed by atoms with Gasteiger partial charge in [0.25, 0.3) is 5.91 Å². The molecule has 5 nitrogen and oxygen atoms in total. The molecule has 5 heteroatoms. The van der Waals surface area contributed by atoms with Crippen LogP contribution in [0.15, 0.2) is 30.5 Å². The maximum atomic E-state index is 12.4. The molecule has 0 atom stereocenters. The lowest BCUT2D eigenvalue weighted by molar-refractivity contribution is -0.138. The number of aromatic nitrogens is 1. The molecule has 2 rings (SSSR count). The van der Waals surface area contributed by atoms with Crippen molar-refractivity contribution in [3.63, 3.8) is 0 Å². The SMILES string of the molecule is Cn1cc(C(=O)NC(C)(C)CC(=O)O)c2ccccc21. The summed E-state index contributed by atoms with van der Waals surface area (Å²) in [4.78, 5) is 23.1. The van der Waals surface area contributed by atoms with Crippen molar-refractivity contribution in [1.82, 2.24) is 9.88 Å². The van der Waals surface area contributed by atoms with Crippen molar-refractivity contribution in [2.45, 2.75) is 25.8 Å². The predicted octanol–water partition coefficient (Wildman–Crippen LogP) is 2.16. The van der Waals surface area contributed by atoms with Crippen molar-refractivity contribution in [1.29, 1.82) is 0 Å². The van der Waals surface area contributed by atoms with E-state index in [-0.39, 0.29) is 12.3 Å². The van der Waals surface area contributed by atoms with E-state index in [1.165, 1.54) is 0 Å². The monoisotopic (exact) mass is 274 g/mol. The van der Waals surface area contributed by atoms with Gasteiger partial charge < -0.3 is 15.0 Å². The summed E-state index contributed by atoms with van der Waals surface area (Å²) in [5.74, 6) is -1.19. The number of para-hydroxylation sites is 1. The fourth-order valence-electron chi connectivity index (χ4n) is 2.32. The van der Waals surface area contributed by atoms with E-state index >= 15 is 0 Å². The number of carboxylic acids is 1. The van der Waals surface area contributed by atoms with Crippen molar-refractivity contribution in [3.8, 4) is 0 Å². The number of carbonyl (C=O) groups excluding carboxylic acids is 1. The number of amides is 1. The van der Waals surface area contributed by atoms with Gasteiger partial charge in [-0.2, -0.15) is 0 Å². The number of carbonyl (C=O) groups is 2. The van der Waals surface area contributed by atoms with Crippen molar-refractivity contribution in [2.75, 3.05) is 0 Å². The third-order valence-corrected chi connectivity index (χ3v) is 3.19. The molecule has 1 aromatic carbocycles. The molecule has 0 spiro atoms. The molecule has 1 heterocycles. The normalized spacial score (nSPS) is 11.6. The van der Waals surface area contributed by atoms with Crippen molar-refractivity contribution < 1.29 is 14.7 Å². The zero-order chi connectivity index (χ0) is 14.9. The van der Waals surface area contributed by atoms with Crippen LogP contribution in [0.5, 0.6) is 0 Å². The fourth-order valence-corrected chi connectivity index (χ4v) is 2.32. The van der Waals surface area contributed by atoms with Gasteiger partial charge in [-0.1, -0.05) is 18.2 Å². The first-order valence-corrected chi connectivity index (χ1v) is 6.38. The summed E-state index contributed by atoms with van der Waals surface area (Å²) in [6.45, 7) is 3.40. The molecule has 2 aromatic rings. The van der Waals surface area contributed by atoms with Crippen molar-refractivity contribution >= 4 is 22.8 Å². The Balaban J connectivity index is 2.30. The highest BCUT2D eigenvalue weighted by atomic mass is 16.4. The van der Waals surface area contributed by atoms with E-state index in [9.17, 15) is 9.59 Å². The van der Waals surface area contributed by atoms with Crippen LogP contribution in [0.3, 0.4) is 0 Å². The molecule has 0 saturated carbocycles. The van der Waals surface area contributed by atoms with Crippen molar-refractivity contribution in [3.05, 3.63) is 36.0 Å². The second-order valence-electron chi connectivity index (χ2n) is 5.58. The molecule has 0 aliphatic rings. The van der Waals surface area contributed by atoms with E-state index in [0.29, 0.717) is 5.56 Å². The molecule has 0 saturated heterocycles. The van der Waals surface area contributed by atoms with Gasteiger partial charge in [-0.15, -0.1) is 0 Å². The Kier molecular flexibility index (Phi) is 3.53. The minimum absolute atomic E-state index is 0.122. The van der Waals surface area contributed by atoms with E-state index in [1.807, 2.05) is 35.9 Å². The Morgan fingerprint density at radius 2 is 1.95 bits per heavy atom. The summed E-state index contributed by atoms with van der Waals surface area (Å²) < 4.78 is 1.88. The Hall–Kier alpha value is -2.30. The lowest BCUT2D eigenvalue weighted by atomic mass is 10.00. The van der Waals surface area contributed by atoms with Gasteiger partial charge in [0, 0.05) is 29.7 Å². The van der Waals surface area contributed by atoms with Crippen LogP contribution in [-0.2, 0) is 11.8 Å². The highest BCUT2D eigenvalue weighted by Crippen LogP contribution is 2.21. The van der Waals surface area contributed by atoms with Crippen LogP contribution in [0.2, 0.25) is 0 Å². The van der Waals surface area contributed by atoms with Crippen LogP contribution < -0.4 is 5.32 Å².